The number of methoxy groups -OCH3 is 1. The molecule has 1 N–H and O–H groups in total. The smallest absolute Gasteiger partial charge is 0.308 e. The average molecular weight is 531 g/mol. The summed E-state index contributed by atoms with van der Waals surface area (Å²) in [5.41, 5.74) is 1.83. The fraction of sp³-hybridized carbons (Fsp3) is 0.464. The van der Waals surface area contributed by atoms with E-state index in [-0.39, 0.29) is 40.3 Å². The van der Waals surface area contributed by atoms with E-state index in [9.17, 15) is 23.2 Å². The highest BCUT2D eigenvalue weighted by Crippen LogP contribution is 2.34. The Kier molecular flexibility index (Phi) is 9.18. The van der Waals surface area contributed by atoms with Crippen LogP contribution in [0.5, 0.6) is 0 Å². The van der Waals surface area contributed by atoms with E-state index in [0.29, 0.717) is 24.4 Å². The molecule has 6 nitrogen and oxygen atoms in total. The number of nitrogens with one attached hydrogen (secondary N) is 1. The van der Waals surface area contributed by atoms with Crippen molar-refractivity contribution < 1.29 is 27.9 Å². The Bertz CT molecular complexity index is 1110. The van der Waals surface area contributed by atoms with Crippen molar-refractivity contribution >= 4 is 35.2 Å². The summed E-state index contributed by atoms with van der Waals surface area (Å²) in [5, 5.41) is 2.81. The number of likely N-dealkylation sites (tertiary alicyclic amines) is 1. The molecule has 1 saturated heterocycles. The van der Waals surface area contributed by atoms with Crippen LogP contribution in [0.25, 0.3) is 0 Å². The zero-order chi connectivity index (χ0) is 26.4. The first-order valence-corrected chi connectivity index (χ1v) is 13.7. The van der Waals surface area contributed by atoms with E-state index in [4.69, 9.17) is 4.74 Å². The lowest BCUT2D eigenvalue weighted by Crippen LogP contribution is -2.42. The van der Waals surface area contributed by atoms with Crippen LogP contribution in [0.15, 0.2) is 47.4 Å². The molecule has 1 aliphatic heterocycles. The molecule has 37 heavy (non-hydrogen) atoms. The molecule has 1 heterocycles. The molecule has 198 valence electrons. The predicted molar refractivity (Wildman–Crippen MR) is 138 cm³/mol. The van der Waals surface area contributed by atoms with E-state index < -0.39 is 11.6 Å². The minimum Gasteiger partial charge on any atom is -0.469 e. The highest BCUT2D eigenvalue weighted by Gasteiger charge is 2.34. The first-order chi connectivity index (χ1) is 17.8. The summed E-state index contributed by atoms with van der Waals surface area (Å²) in [5.74, 6) is -1.28. The highest BCUT2D eigenvalue weighted by molar-refractivity contribution is 8.00. The van der Waals surface area contributed by atoms with Crippen LogP contribution in [0.1, 0.15) is 50.0 Å². The first-order valence-electron chi connectivity index (χ1n) is 12.7. The summed E-state index contributed by atoms with van der Waals surface area (Å²) in [6.45, 7) is 1.44. The molecule has 0 radical (unpaired) electrons. The third-order valence-electron chi connectivity index (χ3n) is 7.34. The lowest BCUT2D eigenvalue weighted by molar-refractivity contribution is -0.148. The minimum absolute atomic E-state index is 0.00179. The van der Waals surface area contributed by atoms with Gasteiger partial charge in [-0.3, -0.25) is 14.4 Å². The molecule has 0 unspecified atom stereocenters. The summed E-state index contributed by atoms with van der Waals surface area (Å²) < 4.78 is 31.6. The average Bonchev–Trinajstić information content (AvgIpc) is 2.92. The molecule has 2 aromatic carbocycles. The number of piperidine rings is 1. The van der Waals surface area contributed by atoms with Gasteiger partial charge >= 0.3 is 5.97 Å². The van der Waals surface area contributed by atoms with Crippen molar-refractivity contribution in [3.63, 3.8) is 0 Å². The van der Waals surface area contributed by atoms with Gasteiger partial charge in [0.1, 0.15) is 11.6 Å². The first kappa shape index (κ1) is 27.1. The predicted octanol–water partition coefficient (Wildman–Crippen LogP) is 5.38. The number of carbonyl (C=O) groups excluding carboxylic acids is 3. The highest BCUT2D eigenvalue weighted by atomic mass is 32.2. The third-order valence-corrected chi connectivity index (χ3v) is 8.38. The van der Waals surface area contributed by atoms with E-state index >= 15 is 0 Å². The van der Waals surface area contributed by atoms with Gasteiger partial charge in [-0.05, 0) is 74.3 Å². The maximum atomic E-state index is 13.7. The van der Waals surface area contributed by atoms with E-state index in [1.165, 1.54) is 24.8 Å². The number of nitrogens with zero attached hydrogens (tertiary/aromatic N) is 1. The van der Waals surface area contributed by atoms with Crippen molar-refractivity contribution in [3.05, 3.63) is 59.7 Å². The standard InChI is InChI=1S/C28H32F2N2O4S/c1-36-28(35)21-4-2-20(3-5-21)27(34)32-14-12-19(13-15-32)18-6-9-23(10-7-18)31-26(33)17-37-25-11-8-22(29)16-24(25)30/h6-11,16,19-21H,2-5,12-15,17H2,1H3,(H,31,33). The number of anilines is 1. The number of rotatable bonds is 7. The van der Waals surface area contributed by atoms with Crippen molar-refractivity contribution in [3.8, 4) is 0 Å². The number of benzene rings is 2. The Hall–Kier alpha value is -2.94. The Morgan fingerprint density at radius 2 is 1.59 bits per heavy atom. The lowest BCUT2D eigenvalue weighted by atomic mass is 9.80. The number of thioether (sulfide) groups is 1. The molecule has 0 spiro atoms. The maximum Gasteiger partial charge on any atom is 0.308 e. The van der Waals surface area contributed by atoms with Crippen molar-refractivity contribution in [2.75, 3.05) is 31.3 Å². The van der Waals surface area contributed by atoms with Crippen LogP contribution < -0.4 is 5.32 Å². The fourth-order valence-corrected chi connectivity index (χ4v) is 5.93. The van der Waals surface area contributed by atoms with E-state index in [1.54, 1.807) is 0 Å². The zero-order valence-electron chi connectivity index (χ0n) is 20.9. The van der Waals surface area contributed by atoms with Crippen LogP contribution in [-0.2, 0) is 19.1 Å². The van der Waals surface area contributed by atoms with Crippen LogP contribution >= 0.6 is 11.8 Å². The monoisotopic (exact) mass is 530 g/mol. The third kappa shape index (κ3) is 7.09. The lowest BCUT2D eigenvalue weighted by Gasteiger charge is -2.36. The van der Waals surface area contributed by atoms with Crippen molar-refractivity contribution in [2.45, 2.75) is 49.3 Å². The molecule has 1 saturated carbocycles. The summed E-state index contributed by atoms with van der Waals surface area (Å²) in [7, 11) is 1.41. The number of halogens is 2. The Morgan fingerprint density at radius 1 is 0.946 bits per heavy atom. The van der Waals surface area contributed by atoms with Gasteiger partial charge in [-0.15, -0.1) is 11.8 Å². The molecule has 0 aromatic heterocycles. The molecular formula is C28H32F2N2O4S. The Morgan fingerprint density at radius 3 is 2.22 bits per heavy atom. The molecule has 1 aliphatic carbocycles. The van der Waals surface area contributed by atoms with Crippen molar-refractivity contribution in [1.82, 2.24) is 4.90 Å². The molecule has 2 amide bonds. The van der Waals surface area contributed by atoms with Crippen LogP contribution in [0, 0.1) is 23.5 Å². The number of carbonyl (C=O) groups is 3. The molecule has 2 fully saturated rings. The van der Waals surface area contributed by atoms with E-state index in [0.717, 1.165) is 56.6 Å². The van der Waals surface area contributed by atoms with Crippen LogP contribution in [0.3, 0.4) is 0 Å². The molecule has 2 aliphatic rings. The normalized spacial score (nSPS) is 20.4. The topological polar surface area (TPSA) is 75.7 Å². The zero-order valence-corrected chi connectivity index (χ0v) is 21.7. The minimum atomic E-state index is -0.680. The van der Waals surface area contributed by atoms with E-state index in [2.05, 4.69) is 5.32 Å². The fourth-order valence-electron chi connectivity index (χ4n) is 5.21. The second kappa shape index (κ2) is 12.5. The largest absolute Gasteiger partial charge is 0.469 e. The molecule has 0 atom stereocenters. The number of hydrogen-bond donors (Lipinski definition) is 1. The van der Waals surface area contributed by atoms with Gasteiger partial charge in [0.15, 0.2) is 0 Å². The summed E-state index contributed by atoms with van der Waals surface area (Å²) in [6, 6.07) is 11.0. The molecule has 4 rings (SSSR count). The second-order valence-corrected chi connectivity index (χ2v) is 10.7. The van der Waals surface area contributed by atoms with Gasteiger partial charge in [0.25, 0.3) is 0 Å². The van der Waals surface area contributed by atoms with Gasteiger partial charge in [0.2, 0.25) is 11.8 Å². The SMILES string of the molecule is COC(=O)C1CCC(C(=O)N2CCC(c3ccc(NC(=O)CSc4ccc(F)cc4F)cc3)CC2)CC1. The van der Waals surface area contributed by atoms with Crippen molar-refractivity contribution in [2.24, 2.45) is 11.8 Å². The van der Waals surface area contributed by atoms with E-state index in [1.807, 2.05) is 29.2 Å². The van der Waals surface area contributed by atoms with Gasteiger partial charge in [-0.25, -0.2) is 8.78 Å². The molecule has 9 heteroatoms. The van der Waals surface area contributed by atoms with Crippen LogP contribution in [0.4, 0.5) is 14.5 Å². The van der Waals surface area contributed by atoms with Gasteiger partial charge in [-0.2, -0.15) is 0 Å². The van der Waals surface area contributed by atoms with Gasteiger partial charge < -0.3 is 15.0 Å². The number of esters is 1. The quantitative estimate of drug-likeness (QED) is 0.384. The van der Waals surface area contributed by atoms with Gasteiger partial charge in [0, 0.05) is 35.7 Å². The molecule has 2 aromatic rings. The summed E-state index contributed by atoms with van der Waals surface area (Å²) in [4.78, 5) is 39.2. The second-order valence-electron chi connectivity index (χ2n) is 9.70. The Labute approximate surface area is 220 Å². The maximum absolute atomic E-state index is 13.7. The van der Waals surface area contributed by atoms with Crippen molar-refractivity contribution in [1.29, 1.82) is 0 Å². The summed E-state index contributed by atoms with van der Waals surface area (Å²) in [6.07, 6.45) is 4.67. The number of ether oxygens (including phenoxy) is 1. The molecular weight excluding hydrogens is 498 g/mol. The molecule has 0 bridgehead atoms. The Balaban J connectivity index is 1.21. The number of amides is 2. The van der Waals surface area contributed by atoms with Gasteiger partial charge in [0.05, 0.1) is 18.8 Å². The summed E-state index contributed by atoms with van der Waals surface area (Å²) >= 11 is 1.02. The van der Waals surface area contributed by atoms with Gasteiger partial charge in [-0.1, -0.05) is 12.1 Å². The van der Waals surface area contributed by atoms with Crippen LogP contribution in [0.2, 0.25) is 0 Å². The van der Waals surface area contributed by atoms with Crippen LogP contribution in [-0.4, -0.2) is 48.6 Å². The number of hydrogen-bond acceptors (Lipinski definition) is 5.